The molecule has 0 radical (unpaired) electrons. The number of hydrogen-bond acceptors (Lipinski definition) is 7. The summed E-state index contributed by atoms with van der Waals surface area (Å²) in [4.78, 5) is 25.0. The highest BCUT2D eigenvalue weighted by Gasteiger charge is 2.06. The molecule has 2 aromatic rings. The normalized spacial score (nSPS) is 10.7. The van der Waals surface area contributed by atoms with Crippen LogP contribution in [0.15, 0.2) is 40.7 Å². The molecule has 1 amide bonds. The first-order chi connectivity index (χ1) is 10.1. The number of anilines is 1. The standard InChI is InChI=1S/C11H8ClN5O3S/c12-5-9(18)14-11-13-6-10(21-11)16-15-7-1-3-8(4-2-7)17(19)20/h1-4,6H,5H2,(H,13,14,18). The van der Waals surface area contributed by atoms with Gasteiger partial charge in [0.05, 0.1) is 16.8 Å². The Kier molecular flexibility index (Phi) is 4.90. The fourth-order valence-corrected chi connectivity index (χ4v) is 1.99. The number of benzene rings is 1. The molecular weight excluding hydrogens is 318 g/mol. The molecule has 21 heavy (non-hydrogen) atoms. The van der Waals surface area contributed by atoms with Crippen molar-refractivity contribution in [1.82, 2.24) is 4.98 Å². The second-order valence-corrected chi connectivity index (χ2v) is 4.94. The highest BCUT2D eigenvalue weighted by Crippen LogP contribution is 2.28. The number of nitrogens with zero attached hydrogens (tertiary/aromatic N) is 4. The number of carbonyl (C=O) groups excluding carboxylic acids is 1. The van der Waals surface area contributed by atoms with E-state index in [4.69, 9.17) is 11.6 Å². The Balaban J connectivity index is 2.03. The molecule has 10 heteroatoms. The Bertz CT molecular complexity index is 685. The van der Waals surface area contributed by atoms with Gasteiger partial charge in [-0.3, -0.25) is 14.9 Å². The molecule has 2 rings (SSSR count). The molecule has 1 heterocycles. The first-order valence-electron chi connectivity index (χ1n) is 5.56. The summed E-state index contributed by atoms with van der Waals surface area (Å²) in [5.41, 5.74) is 0.457. The molecule has 0 saturated heterocycles. The van der Waals surface area contributed by atoms with E-state index in [1.807, 2.05) is 0 Å². The molecule has 0 spiro atoms. The Labute approximate surface area is 127 Å². The van der Waals surface area contributed by atoms with Gasteiger partial charge >= 0.3 is 0 Å². The highest BCUT2D eigenvalue weighted by molar-refractivity contribution is 7.19. The zero-order chi connectivity index (χ0) is 15.2. The van der Waals surface area contributed by atoms with Gasteiger partial charge in [0.1, 0.15) is 5.88 Å². The number of non-ortho nitro benzene ring substituents is 1. The number of alkyl halides is 1. The van der Waals surface area contributed by atoms with Crippen molar-refractivity contribution in [2.75, 3.05) is 11.2 Å². The van der Waals surface area contributed by atoms with E-state index in [0.29, 0.717) is 15.8 Å². The minimum atomic E-state index is -0.490. The number of nitro groups is 1. The van der Waals surface area contributed by atoms with Gasteiger partial charge in [0.15, 0.2) is 10.1 Å². The molecule has 0 unspecified atom stereocenters. The van der Waals surface area contributed by atoms with Crippen molar-refractivity contribution in [2.24, 2.45) is 10.2 Å². The van der Waals surface area contributed by atoms with E-state index in [9.17, 15) is 14.9 Å². The van der Waals surface area contributed by atoms with Crippen LogP contribution < -0.4 is 5.32 Å². The molecular formula is C11H8ClN5O3S. The average Bonchev–Trinajstić information content (AvgIpc) is 2.93. The summed E-state index contributed by atoms with van der Waals surface area (Å²) in [6.07, 6.45) is 1.45. The van der Waals surface area contributed by atoms with Crippen molar-refractivity contribution in [1.29, 1.82) is 0 Å². The number of azo groups is 1. The minimum absolute atomic E-state index is 0.0159. The van der Waals surface area contributed by atoms with Crippen LogP contribution in [0.2, 0.25) is 0 Å². The number of nitro benzene ring substituents is 1. The second-order valence-electron chi connectivity index (χ2n) is 3.66. The summed E-state index contributed by atoms with van der Waals surface area (Å²) < 4.78 is 0. The van der Waals surface area contributed by atoms with Crippen LogP contribution in [0.5, 0.6) is 0 Å². The van der Waals surface area contributed by atoms with Crippen molar-refractivity contribution < 1.29 is 9.72 Å². The van der Waals surface area contributed by atoms with E-state index >= 15 is 0 Å². The van der Waals surface area contributed by atoms with Gasteiger partial charge in [0.25, 0.3) is 5.69 Å². The SMILES string of the molecule is O=C(CCl)Nc1ncc(N=Nc2ccc([N+](=O)[O-])cc2)s1. The van der Waals surface area contributed by atoms with Crippen molar-refractivity contribution >= 4 is 50.4 Å². The van der Waals surface area contributed by atoms with E-state index in [1.54, 1.807) is 0 Å². The van der Waals surface area contributed by atoms with Crippen LogP contribution in [0.25, 0.3) is 0 Å². The Morgan fingerprint density at radius 3 is 2.71 bits per heavy atom. The second kappa shape index (κ2) is 6.86. The summed E-state index contributed by atoms with van der Waals surface area (Å²) in [5, 5.41) is 21.7. The van der Waals surface area contributed by atoms with E-state index in [-0.39, 0.29) is 17.5 Å². The fourth-order valence-electron chi connectivity index (χ4n) is 1.27. The maximum atomic E-state index is 11.1. The Hall–Kier alpha value is -2.39. The summed E-state index contributed by atoms with van der Waals surface area (Å²) in [7, 11) is 0. The van der Waals surface area contributed by atoms with Gasteiger partial charge in [-0.15, -0.1) is 21.8 Å². The zero-order valence-corrected chi connectivity index (χ0v) is 12.0. The molecule has 8 nitrogen and oxygen atoms in total. The van der Waals surface area contributed by atoms with Crippen LogP contribution in [0.1, 0.15) is 0 Å². The summed E-state index contributed by atoms with van der Waals surface area (Å²) >= 11 is 6.49. The lowest BCUT2D eigenvalue weighted by molar-refractivity contribution is -0.384. The van der Waals surface area contributed by atoms with E-state index in [2.05, 4.69) is 20.5 Å². The lowest BCUT2D eigenvalue weighted by atomic mass is 10.3. The number of hydrogen-bond donors (Lipinski definition) is 1. The van der Waals surface area contributed by atoms with E-state index in [0.717, 1.165) is 11.3 Å². The van der Waals surface area contributed by atoms with Gasteiger partial charge in [-0.05, 0) is 12.1 Å². The first-order valence-corrected chi connectivity index (χ1v) is 6.91. The first kappa shape index (κ1) is 15.0. The van der Waals surface area contributed by atoms with Crippen molar-refractivity contribution in [3.8, 4) is 0 Å². The molecule has 0 aliphatic heterocycles. The lowest BCUT2D eigenvalue weighted by Gasteiger charge is -1.94. The highest BCUT2D eigenvalue weighted by atomic mass is 35.5. The number of rotatable bonds is 5. The molecule has 0 aliphatic rings. The van der Waals surface area contributed by atoms with E-state index in [1.165, 1.54) is 30.5 Å². The third-order valence-corrected chi connectivity index (χ3v) is 3.23. The van der Waals surface area contributed by atoms with Crippen LogP contribution in [-0.4, -0.2) is 21.7 Å². The van der Waals surface area contributed by atoms with Gasteiger partial charge in [0, 0.05) is 12.1 Å². The third kappa shape index (κ3) is 4.29. The maximum absolute atomic E-state index is 11.1. The molecule has 1 aromatic heterocycles. The quantitative estimate of drug-likeness (QED) is 0.391. The summed E-state index contributed by atoms with van der Waals surface area (Å²) in [5.74, 6) is -0.510. The number of thiazole rings is 1. The summed E-state index contributed by atoms with van der Waals surface area (Å²) in [6, 6.07) is 5.65. The minimum Gasteiger partial charge on any atom is -0.301 e. The molecule has 0 aliphatic carbocycles. The van der Waals surface area contributed by atoms with Gasteiger partial charge in [-0.2, -0.15) is 0 Å². The fraction of sp³-hybridized carbons (Fsp3) is 0.0909. The predicted octanol–water partition coefficient (Wildman–Crippen LogP) is 3.64. The van der Waals surface area contributed by atoms with Crippen LogP contribution in [0.3, 0.4) is 0 Å². The van der Waals surface area contributed by atoms with Gasteiger partial charge in [-0.25, -0.2) is 4.98 Å². The summed E-state index contributed by atoms with van der Waals surface area (Å²) in [6.45, 7) is 0. The predicted molar refractivity (Wildman–Crippen MR) is 78.7 cm³/mol. The van der Waals surface area contributed by atoms with Crippen LogP contribution >= 0.6 is 22.9 Å². The molecule has 108 valence electrons. The van der Waals surface area contributed by atoms with Gasteiger partial charge in [0.2, 0.25) is 5.91 Å². The van der Waals surface area contributed by atoms with Gasteiger partial charge in [-0.1, -0.05) is 11.3 Å². The lowest BCUT2D eigenvalue weighted by Crippen LogP contribution is -2.11. The zero-order valence-electron chi connectivity index (χ0n) is 10.4. The smallest absolute Gasteiger partial charge is 0.269 e. The number of halogens is 1. The molecule has 0 atom stereocenters. The molecule has 0 fully saturated rings. The van der Waals surface area contributed by atoms with E-state index < -0.39 is 4.92 Å². The Morgan fingerprint density at radius 2 is 2.10 bits per heavy atom. The van der Waals surface area contributed by atoms with Crippen LogP contribution in [-0.2, 0) is 4.79 Å². The topological polar surface area (TPSA) is 110 Å². The van der Waals surface area contributed by atoms with Crippen molar-refractivity contribution in [3.05, 3.63) is 40.6 Å². The van der Waals surface area contributed by atoms with Crippen molar-refractivity contribution in [3.63, 3.8) is 0 Å². The molecule has 1 N–H and O–H groups in total. The number of amides is 1. The number of nitrogens with one attached hydrogen (secondary N) is 1. The average molecular weight is 326 g/mol. The van der Waals surface area contributed by atoms with Crippen LogP contribution in [0, 0.1) is 10.1 Å². The maximum Gasteiger partial charge on any atom is 0.269 e. The number of aromatic nitrogens is 1. The Morgan fingerprint density at radius 1 is 1.38 bits per heavy atom. The third-order valence-electron chi connectivity index (χ3n) is 2.19. The van der Waals surface area contributed by atoms with Crippen molar-refractivity contribution in [2.45, 2.75) is 0 Å². The molecule has 0 bridgehead atoms. The number of carbonyl (C=O) groups is 1. The van der Waals surface area contributed by atoms with Crippen LogP contribution in [0.4, 0.5) is 21.5 Å². The largest absolute Gasteiger partial charge is 0.301 e. The molecule has 0 saturated carbocycles. The monoisotopic (exact) mass is 325 g/mol. The van der Waals surface area contributed by atoms with Gasteiger partial charge < -0.3 is 5.32 Å². The molecule has 1 aromatic carbocycles.